The molecule has 9 heteroatoms. The first-order chi connectivity index (χ1) is 27.8. The van der Waals surface area contributed by atoms with Crippen molar-refractivity contribution in [3.05, 3.63) is 101 Å². The highest BCUT2D eigenvalue weighted by Crippen LogP contribution is 2.35. The minimum atomic E-state index is -0.469. The van der Waals surface area contributed by atoms with E-state index in [1.54, 1.807) is 9.80 Å². The Labute approximate surface area is 351 Å². The molecule has 2 aliphatic rings. The lowest BCUT2D eigenvalue weighted by atomic mass is 9.77. The van der Waals surface area contributed by atoms with E-state index in [1.165, 1.54) is 13.8 Å². The van der Waals surface area contributed by atoms with E-state index in [4.69, 9.17) is 0 Å². The first kappa shape index (κ1) is 45.2. The highest BCUT2D eigenvalue weighted by Gasteiger charge is 2.42. The molecule has 2 saturated heterocycles. The van der Waals surface area contributed by atoms with Crippen molar-refractivity contribution in [2.24, 2.45) is 22.7 Å². The van der Waals surface area contributed by atoms with Gasteiger partial charge in [-0.2, -0.15) is 0 Å². The molecule has 0 bridgehead atoms. The van der Waals surface area contributed by atoms with Crippen LogP contribution in [0.1, 0.15) is 116 Å². The Kier molecular flexibility index (Phi) is 14.9. The number of nitrogens with zero attached hydrogens (tertiary/aromatic N) is 3. The zero-order valence-corrected chi connectivity index (χ0v) is 36.6. The van der Waals surface area contributed by atoms with Gasteiger partial charge >= 0.3 is 0 Å². The predicted octanol–water partition coefficient (Wildman–Crippen LogP) is 8.38. The fourth-order valence-corrected chi connectivity index (χ4v) is 8.71. The van der Waals surface area contributed by atoms with Crippen LogP contribution in [-0.4, -0.2) is 69.9 Å². The van der Waals surface area contributed by atoms with E-state index in [0.717, 1.165) is 40.8 Å². The Morgan fingerprint density at radius 3 is 1.25 bits per heavy atom. The number of rotatable bonds is 17. The van der Waals surface area contributed by atoms with Gasteiger partial charge in [-0.25, -0.2) is 0 Å². The molecule has 9 nitrogen and oxygen atoms in total. The van der Waals surface area contributed by atoms with Gasteiger partial charge in [0.05, 0.1) is 12.1 Å². The Morgan fingerprint density at radius 1 is 0.559 bits per heavy atom. The minimum absolute atomic E-state index is 0.0198. The summed E-state index contributed by atoms with van der Waals surface area (Å²) in [6.45, 7) is 17.3. The summed E-state index contributed by atoms with van der Waals surface area (Å²) in [4.78, 5) is 84.5. The number of anilines is 1. The number of ketones is 4. The van der Waals surface area contributed by atoms with Crippen LogP contribution >= 0.6 is 0 Å². The van der Waals surface area contributed by atoms with Crippen molar-refractivity contribution in [2.75, 3.05) is 18.0 Å². The van der Waals surface area contributed by atoms with Gasteiger partial charge < -0.3 is 24.3 Å². The van der Waals surface area contributed by atoms with Gasteiger partial charge in [0, 0.05) is 69.4 Å². The largest absolute Gasteiger partial charge is 0.363 e. The topological polar surface area (TPSA) is 112 Å². The zero-order valence-electron chi connectivity index (χ0n) is 36.6. The third-order valence-electron chi connectivity index (χ3n) is 12.2. The van der Waals surface area contributed by atoms with Crippen LogP contribution in [0.15, 0.2) is 78.9 Å². The second-order valence-corrected chi connectivity index (χ2v) is 19.1. The number of amides is 2. The molecule has 5 rings (SSSR count). The Bertz CT molecular complexity index is 1830. The molecular formula is C50H65N3O6. The standard InChI is InChI=1S/C50H65N3O6/c1-34(54)28-41(49(3,4)5)47(58)52-26-12-16-43(52)45(56)30-36-18-22-38(23-19-36)32-51(40-14-10-9-11-15-40)33-39-24-20-37(21-25-39)31-46(57)44-17-13-27-53(44)48(59)42(29-35(2)55)50(6,7)8/h9-11,14-15,18-25,41-44H,12-13,16-17,26-33H2,1-8H3/t41-,42-,43+,44+/m1/s1. The summed E-state index contributed by atoms with van der Waals surface area (Å²) in [6.07, 6.45) is 3.68. The fraction of sp³-hybridized carbons (Fsp3) is 0.520. The van der Waals surface area contributed by atoms with Crippen molar-refractivity contribution < 1.29 is 28.8 Å². The van der Waals surface area contributed by atoms with Crippen molar-refractivity contribution >= 4 is 40.6 Å². The van der Waals surface area contributed by atoms with E-state index in [1.807, 2.05) is 84.0 Å². The normalized spacial score (nSPS) is 18.0. The number of carbonyl (C=O) groups is 6. The summed E-state index contributed by atoms with van der Waals surface area (Å²) >= 11 is 0. The van der Waals surface area contributed by atoms with Gasteiger partial charge in [0.2, 0.25) is 11.8 Å². The van der Waals surface area contributed by atoms with Crippen LogP contribution in [0.4, 0.5) is 5.69 Å². The lowest BCUT2D eigenvalue weighted by molar-refractivity contribution is -0.145. The maximum Gasteiger partial charge on any atom is 0.227 e. The summed E-state index contributed by atoms with van der Waals surface area (Å²) in [6, 6.07) is 25.5. The fourth-order valence-electron chi connectivity index (χ4n) is 8.71. The molecule has 316 valence electrons. The molecule has 3 aromatic rings. The Balaban J connectivity index is 1.22. The first-order valence-electron chi connectivity index (χ1n) is 21.4. The number of Topliss-reactive ketones (excluding diaryl/α,β-unsaturated/α-hetero) is 4. The van der Waals surface area contributed by atoms with Crippen LogP contribution in [0.2, 0.25) is 0 Å². The molecule has 0 aliphatic carbocycles. The van der Waals surface area contributed by atoms with E-state index < -0.39 is 23.9 Å². The Hall–Kier alpha value is -4.92. The molecule has 59 heavy (non-hydrogen) atoms. The second-order valence-electron chi connectivity index (χ2n) is 19.1. The van der Waals surface area contributed by atoms with Gasteiger partial charge in [-0.15, -0.1) is 0 Å². The maximum atomic E-state index is 13.7. The molecule has 2 aliphatic heterocycles. The molecule has 2 fully saturated rings. The van der Waals surface area contributed by atoms with Crippen molar-refractivity contribution in [1.29, 1.82) is 0 Å². The molecule has 0 unspecified atom stereocenters. The van der Waals surface area contributed by atoms with E-state index in [2.05, 4.69) is 41.3 Å². The number of hydrogen-bond acceptors (Lipinski definition) is 7. The summed E-state index contributed by atoms with van der Waals surface area (Å²) in [5.41, 5.74) is 4.29. The van der Waals surface area contributed by atoms with Crippen molar-refractivity contribution in [1.82, 2.24) is 9.80 Å². The number of para-hydroxylation sites is 1. The third-order valence-corrected chi connectivity index (χ3v) is 12.2. The SMILES string of the molecule is CC(=O)C[C@H](C(=O)N1CCC[C@H]1C(=O)Cc1ccc(CN(Cc2ccc(CC(=O)[C@@H]3CCCN3C(=O)[C@@H](CC(C)=O)C(C)(C)C)cc2)c2ccccc2)cc1)C(C)(C)C. The molecule has 0 N–H and O–H groups in total. The van der Waals surface area contributed by atoms with Crippen LogP contribution in [0.25, 0.3) is 0 Å². The van der Waals surface area contributed by atoms with Crippen molar-refractivity contribution in [3.8, 4) is 0 Å². The van der Waals surface area contributed by atoms with Crippen LogP contribution in [0.3, 0.4) is 0 Å². The van der Waals surface area contributed by atoms with Gasteiger partial charge in [0.1, 0.15) is 11.6 Å². The van der Waals surface area contributed by atoms with Gasteiger partial charge in [-0.1, -0.05) is 108 Å². The predicted molar refractivity (Wildman–Crippen MR) is 233 cm³/mol. The average Bonchev–Trinajstić information content (AvgIpc) is 3.88. The van der Waals surface area contributed by atoms with E-state index >= 15 is 0 Å². The van der Waals surface area contributed by atoms with Gasteiger partial charge in [-0.05, 0) is 84.7 Å². The Morgan fingerprint density at radius 2 is 0.915 bits per heavy atom. The van der Waals surface area contributed by atoms with Crippen LogP contribution in [0.5, 0.6) is 0 Å². The number of hydrogen-bond donors (Lipinski definition) is 0. The average molecular weight is 804 g/mol. The molecule has 2 amide bonds. The van der Waals surface area contributed by atoms with Crippen LogP contribution in [-0.2, 0) is 54.7 Å². The first-order valence-corrected chi connectivity index (χ1v) is 21.4. The van der Waals surface area contributed by atoms with Crippen LogP contribution in [0, 0.1) is 22.7 Å². The van der Waals surface area contributed by atoms with E-state index in [9.17, 15) is 28.8 Å². The second kappa shape index (κ2) is 19.4. The van der Waals surface area contributed by atoms with Crippen LogP contribution < -0.4 is 4.90 Å². The number of benzene rings is 3. The highest BCUT2D eigenvalue weighted by atomic mass is 16.2. The minimum Gasteiger partial charge on any atom is -0.363 e. The monoisotopic (exact) mass is 803 g/mol. The summed E-state index contributed by atoms with van der Waals surface area (Å²) in [5, 5.41) is 0. The number of carbonyl (C=O) groups excluding carboxylic acids is 6. The molecule has 3 aromatic carbocycles. The van der Waals surface area contributed by atoms with Gasteiger partial charge in [0.25, 0.3) is 0 Å². The molecule has 0 saturated carbocycles. The zero-order chi connectivity index (χ0) is 43.1. The third kappa shape index (κ3) is 12.1. The summed E-state index contributed by atoms with van der Waals surface area (Å²) < 4.78 is 0. The van der Waals surface area contributed by atoms with Gasteiger partial charge in [-0.3, -0.25) is 19.2 Å². The molecular weight excluding hydrogens is 739 g/mol. The molecule has 2 heterocycles. The maximum absolute atomic E-state index is 13.7. The van der Waals surface area contributed by atoms with Gasteiger partial charge in [0.15, 0.2) is 11.6 Å². The van der Waals surface area contributed by atoms with Crippen molar-refractivity contribution in [3.63, 3.8) is 0 Å². The smallest absolute Gasteiger partial charge is 0.227 e. The lowest BCUT2D eigenvalue weighted by Gasteiger charge is -2.34. The quantitative estimate of drug-likeness (QED) is 0.135. The summed E-state index contributed by atoms with van der Waals surface area (Å²) in [5.74, 6) is -1.08. The lowest BCUT2D eigenvalue weighted by Crippen LogP contribution is -2.47. The summed E-state index contributed by atoms with van der Waals surface area (Å²) in [7, 11) is 0. The molecule has 0 radical (unpaired) electrons. The highest BCUT2D eigenvalue weighted by molar-refractivity contribution is 5.94. The number of likely N-dealkylation sites (tertiary alicyclic amines) is 2. The van der Waals surface area contributed by atoms with E-state index in [-0.39, 0.29) is 71.5 Å². The van der Waals surface area contributed by atoms with Crippen molar-refractivity contribution in [2.45, 2.75) is 132 Å². The molecule has 0 aromatic heterocycles. The molecule has 0 spiro atoms. The van der Waals surface area contributed by atoms with E-state index in [0.29, 0.717) is 39.0 Å². The molecule has 4 atom stereocenters.